The van der Waals surface area contributed by atoms with E-state index in [0.717, 1.165) is 11.2 Å². The molecule has 2 aromatic carbocycles. The fourth-order valence-corrected chi connectivity index (χ4v) is 2.71. The van der Waals surface area contributed by atoms with E-state index in [-0.39, 0.29) is 0 Å². The number of anilines is 1. The monoisotopic (exact) mass is 307 g/mol. The molecule has 0 atom stereocenters. The normalized spacial score (nSPS) is 10.9. The summed E-state index contributed by atoms with van der Waals surface area (Å²) in [5.41, 5.74) is 8.31. The van der Waals surface area contributed by atoms with E-state index >= 15 is 0 Å². The molecule has 3 aromatic rings. The molecular weight excluding hydrogens is 297 g/mol. The number of aromatic nitrogens is 2. The highest BCUT2D eigenvalue weighted by Crippen LogP contribution is 2.31. The van der Waals surface area contributed by atoms with Gasteiger partial charge in [-0.2, -0.15) is 0 Å². The van der Waals surface area contributed by atoms with E-state index < -0.39 is 0 Å². The van der Waals surface area contributed by atoms with E-state index in [2.05, 4.69) is 4.98 Å². The van der Waals surface area contributed by atoms with Crippen LogP contribution in [-0.4, -0.2) is 16.7 Å². The fourth-order valence-electron chi connectivity index (χ4n) is 2.20. The summed E-state index contributed by atoms with van der Waals surface area (Å²) in [6.45, 7) is 0. The molecule has 0 bridgehead atoms. The molecule has 20 heavy (non-hydrogen) atoms. The minimum Gasteiger partial charge on any atom is -0.494 e. The molecule has 0 radical (unpaired) electrons. The van der Waals surface area contributed by atoms with Gasteiger partial charge in [-0.05, 0) is 30.3 Å². The van der Waals surface area contributed by atoms with E-state index in [0.29, 0.717) is 27.3 Å². The summed E-state index contributed by atoms with van der Waals surface area (Å²) in [7, 11) is 1.60. The lowest BCUT2D eigenvalue weighted by Gasteiger charge is -2.08. The van der Waals surface area contributed by atoms with Gasteiger partial charge >= 0.3 is 0 Å². The molecule has 2 N–H and O–H groups in total. The molecule has 0 aliphatic rings. The summed E-state index contributed by atoms with van der Waals surface area (Å²) >= 11 is 12.1. The first-order valence-electron chi connectivity index (χ1n) is 5.87. The average molecular weight is 308 g/mol. The van der Waals surface area contributed by atoms with E-state index in [1.54, 1.807) is 29.9 Å². The van der Waals surface area contributed by atoms with Crippen LogP contribution >= 0.6 is 23.2 Å². The minimum atomic E-state index is 0.350. The number of benzene rings is 2. The summed E-state index contributed by atoms with van der Waals surface area (Å²) in [6.07, 6.45) is 0. The Morgan fingerprint density at radius 3 is 2.50 bits per heavy atom. The number of hydrogen-bond donors (Lipinski definition) is 1. The number of halogens is 2. The molecule has 0 saturated carbocycles. The summed E-state index contributed by atoms with van der Waals surface area (Å²) in [5, 5.41) is 1.08. The third-order valence-electron chi connectivity index (χ3n) is 3.00. The predicted molar refractivity (Wildman–Crippen MR) is 82.1 cm³/mol. The standard InChI is InChI=1S/C14H11Cl2N3O/c1-20-12-4-2-3-11-13(12)18-14(17)19(11)10-6-8(15)5-9(16)7-10/h2-7H,1H3,(H2,17,18). The van der Waals surface area contributed by atoms with Crippen LogP contribution in [0.4, 0.5) is 5.95 Å². The largest absolute Gasteiger partial charge is 0.494 e. The van der Waals surface area contributed by atoms with Crippen molar-refractivity contribution >= 4 is 40.2 Å². The van der Waals surface area contributed by atoms with Crippen LogP contribution in [0.25, 0.3) is 16.7 Å². The maximum Gasteiger partial charge on any atom is 0.206 e. The summed E-state index contributed by atoms with van der Waals surface area (Å²) in [5.74, 6) is 1.02. The molecule has 3 rings (SSSR count). The highest BCUT2D eigenvalue weighted by molar-refractivity contribution is 6.34. The van der Waals surface area contributed by atoms with Crippen molar-refractivity contribution in [3.8, 4) is 11.4 Å². The second kappa shape index (κ2) is 4.89. The Morgan fingerprint density at radius 2 is 1.85 bits per heavy atom. The first-order valence-corrected chi connectivity index (χ1v) is 6.63. The molecule has 0 fully saturated rings. The van der Waals surface area contributed by atoms with Gasteiger partial charge in [0.05, 0.1) is 18.3 Å². The maximum atomic E-state index is 6.05. The Hall–Kier alpha value is -1.91. The van der Waals surface area contributed by atoms with Crippen molar-refractivity contribution in [1.82, 2.24) is 9.55 Å². The fraction of sp³-hybridized carbons (Fsp3) is 0.0714. The number of fused-ring (bicyclic) bond motifs is 1. The van der Waals surface area contributed by atoms with E-state index in [1.165, 1.54) is 0 Å². The third-order valence-corrected chi connectivity index (χ3v) is 3.44. The van der Waals surface area contributed by atoms with E-state index in [1.807, 2.05) is 18.2 Å². The first kappa shape index (κ1) is 13.1. The number of ether oxygens (including phenoxy) is 1. The number of hydrogen-bond acceptors (Lipinski definition) is 3. The van der Waals surface area contributed by atoms with Crippen LogP contribution < -0.4 is 10.5 Å². The number of nitrogens with two attached hydrogens (primary N) is 1. The molecular formula is C14H11Cl2N3O. The van der Waals surface area contributed by atoms with Crippen LogP contribution in [-0.2, 0) is 0 Å². The van der Waals surface area contributed by atoms with Crippen molar-refractivity contribution < 1.29 is 4.74 Å². The van der Waals surface area contributed by atoms with Crippen molar-refractivity contribution in [2.24, 2.45) is 0 Å². The summed E-state index contributed by atoms with van der Waals surface area (Å²) in [4.78, 5) is 4.35. The number of nitrogen functional groups attached to an aromatic ring is 1. The average Bonchev–Trinajstić information content (AvgIpc) is 2.73. The number of imidazole rings is 1. The first-order chi connectivity index (χ1) is 9.60. The van der Waals surface area contributed by atoms with Gasteiger partial charge < -0.3 is 10.5 Å². The summed E-state index contributed by atoms with van der Waals surface area (Å²) in [6, 6.07) is 10.9. The van der Waals surface area contributed by atoms with Crippen molar-refractivity contribution in [2.75, 3.05) is 12.8 Å². The molecule has 0 aliphatic carbocycles. The maximum absolute atomic E-state index is 6.05. The zero-order valence-corrected chi connectivity index (χ0v) is 12.1. The van der Waals surface area contributed by atoms with Crippen molar-refractivity contribution in [3.05, 3.63) is 46.4 Å². The molecule has 0 saturated heterocycles. The topological polar surface area (TPSA) is 53.1 Å². The molecule has 0 spiro atoms. The third kappa shape index (κ3) is 2.07. The second-order valence-corrected chi connectivity index (χ2v) is 5.13. The van der Waals surface area contributed by atoms with Crippen LogP contribution in [0.5, 0.6) is 5.75 Å². The van der Waals surface area contributed by atoms with Gasteiger partial charge in [0.1, 0.15) is 11.3 Å². The van der Waals surface area contributed by atoms with Gasteiger partial charge in [-0.15, -0.1) is 0 Å². The zero-order valence-electron chi connectivity index (χ0n) is 10.6. The second-order valence-electron chi connectivity index (χ2n) is 4.26. The molecule has 0 unspecified atom stereocenters. The van der Waals surface area contributed by atoms with Gasteiger partial charge in [0.2, 0.25) is 5.95 Å². The van der Waals surface area contributed by atoms with Crippen LogP contribution in [0.1, 0.15) is 0 Å². The smallest absolute Gasteiger partial charge is 0.206 e. The van der Waals surface area contributed by atoms with E-state index in [4.69, 9.17) is 33.7 Å². The zero-order chi connectivity index (χ0) is 14.3. The number of methoxy groups -OCH3 is 1. The Labute approximate surface area is 125 Å². The molecule has 102 valence electrons. The summed E-state index contributed by atoms with van der Waals surface area (Å²) < 4.78 is 7.08. The van der Waals surface area contributed by atoms with Crippen LogP contribution in [0.3, 0.4) is 0 Å². The molecule has 0 aliphatic heterocycles. The SMILES string of the molecule is COc1cccc2c1nc(N)n2-c1cc(Cl)cc(Cl)c1. The van der Waals surface area contributed by atoms with Crippen LogP contribution in [0.15, 0.2) is 36.4 Å². The van der Waals surface area contributed by atoms with Gasteiger partial charge in [-0.1, -0.05) is 29.3 Å². The highest BCUT2D eigenvalue weighted by atomic mass is 35.5. The number of para-hydroxylation sites is 1. The Morgan fingerprint density at radius 1 is 1.15 bits per heavy atom. The molecule has 1 heterocycles. The van der Waals surface area contributed by atoms with Crippen molar-refractivity contribution in [2.45, 2.75) is 0 Å². The Kier molecular flexibility index (Phi) is 3.20. The van der Waals surface area contributed by atoms with Gasteiger partial charge in [-0.25, -0.2) is 4.98 Å². The lowest BCUT2D eigenvalue weighted by Crippen LogP contribution is -2.00. The number of rotatable bonds is 2. The molecule has 0 amide bonds. The molecule has 1 aromatic heterocycles. The highest BCUT2D eigenvalue weighted by Gasteiger charge is 2.14. The van der Waals surface area contributed by atoms with Crippen molar-refractivity contribution in [1.29, 1.82) is 0 Å². The predicted octanol–water partition coefficient (Wildman–Crippen LogP) is 3.92. The molecule has 4 nitrogen and oxygen atoms in total. The van der Waals surface area contributed by atoms with Gasteiger partial charge in [0, 0.05) is 10.0 Å². The molecule has 6 heteroatoms. The number of nitrogens with zero attached hydrogens (tertiary/aromatic N) is 2. The van der Waals surface area contributed by atoms with Gasteiger partial charge in [0.25, 0.3) is 0 Å². The van der Waals surface area contributed by atoms with Crippen molar-refractivity contribution in [3.63, 3.8) is 0 Å². The van der Waals surface area contributed by atoms with E-state index in [9.17, 15) is 0 Å². The lowest BCUT2D eigenvalue weighted by atomic mass is 10.2. The lowest BCUT2D eigenvalue weighted by molar-refractivity contribution is 0.419. The Bertz CT molecular complexity index is 778. The minimum absolute atomic E-state index is 0.350. The Balaban J connectivity index is 2.33. The van der Waals surface area contributed by atoms with Gasteiger partial charge in [0.15, 0.2) is 0 Å². The van der Waals surface area contributed by atoms with Crippen LogP contribution in [0.2, 0.25) is 10.0 Å². The quantitative estimate of drug-likeness (QED) is 0.780. The van der Waals surface area contributed by atoms with Crippen LogP contribution in [0, 0.1) is 0 Å². The van der Waals surface area contributed by atoms with Gasteiger partial charge in [-0.3, -0.25) is 4.57 Å².